The van der Waals surface area contributed by atoms with Crippen LogP contribution >= 0.6 is 11.8 Å². The van der Waals surface area contributed by atoms with Crippen LogP contribution in [0.2, 0.25) is 0 Å². The van der Waals surface area contributed by atoms with Crippen LogP contribution in [0.5, 0.6) is 5.75 Å². The first-order valence-electron chi connectivity index (χ1n) is 12.0. The van der Waals surface area contributed by atoms with Gasteiger partial charge in [0.2, 0.25) is 5.91 Å². The minimum Gasteiger partial charge on any atom is -0.492 e. The Labute approximate surface area is 230 Å². The van der Waals surface area contributed by atoms with Crippen molar-refractivity contribution in [3.63, 3.8) is 0 Å². The number of aromatic nitrogens is 1. The normalized spacial score (nSPS) is 14.9. The number of ether oxygens (including phenoxy) is 1. The standard InChI is InChI=1S/C18H19N3O3S.C10H8O3S/c1-21(16-4-2-3-9-19-16)10-11-24-14-7-5-13(6-8-14)12-15-17(22)20-18(23)25-15;11-14(12,13)10-6-5-8-3-1-2-4-9(8)7-10/h2-9,15H,10-12H2,1H3,(H,20,22,23);1-7H,(H,11,12,13). The van der Waals surface area contributed by atoms with Gasteiger partial charge in [-0.25, -0.2) is 4.98 Å². The van der Waals surface area contributed by atoms with E-state index in [0.717, 1.165) is 46.2 Å². The monoisotopic (exact) mass is 565 g/mol. The Balaban J connectivity index is 0.000000212. The molecule has 1 unspecified atom stereocenters. The van der Waals surface area contributed by atoms with Crippen LogP contribution in [0.1, 0.15) is 5.56 Å². The van der Waals surface area contributed by atoms with Gasteiger partial charge in [-0.2, -0.15) is 8.42 Å². The Bertz CT molecular complexity index is 1550. The molecule has 1 aliphatic rings. The van der Waals surface area contributed by atoms with Crippen molar-refractivity contribution in [2.24, 2.45) is 0 Å². The minimum atomic E-state index is -4.09. The van der Waals surface area contributed by atoms with E-state index < -0.39 is 10.1 Å². The molecule has 0 radical (unpaired) electrons. The third kappa shape index (κ3) is 8.03. The van der Waals surface area contributed by atoms with Gasteiger partial charge in [-0.15, -0.1) is 0 Å². The van der Waals surface area contributed by atoms with Gasteiger partial charge in [0.1, 0.15) is 18.2 Å². The van der Waals surface area contributed by atoms with Gasteiger partial charge < -0.3 is 9.64 Å². The molecule has 4 aromatic rings. The predicted octanol–water partition coefficient (Wildman–Crippen LogP) is 4.58. The number of benzene rings is 3. The number of anilines is 1. The summed E-state index contributed by atoms with van der Waals surface area (Å²) in [5, 5.41) is 3.43. The number of rotatable bonds is 8. The Hall–Kier alpha value is -3.93. The number of imide groups is 1. The molecule has 11 heteroatoms. The molecular formula is C28H27N3O6S2. The molecule has 39 heavy (non-hydrogen) atoms. The fourth-order valence-corrected chi connectivity index (χ4v) is 5.16. The molecular weight excluding hydrogens is 538 g/mol. The van der Waals surface area contributed by atoms with Gasteiger partial charge in [-0.3, -0.25) is 19.5 Å². The summed E-state index contributed by atoms with van der Waals surface area (Å²) in [4.78, 5) is 29.0. The summed E-state index contributed by atoms with van der Waals surface area (Å²) >= 11 is 1.05. The second-order valence-corrected chi connectivity index (χ2v) is 11.3. The van der Waals surface area contributed by atoms with Crippen LogP contribution < -0.4 is 15.0 Å². The maximum atomic E-state index is 11.6. The van der Waals surface area contributed by atoms with E-state index in [9.17, 15) is 18.0 Å². The molecule has 5 rings (SSSR count). The highest BCUT2D eigenvalue weighted by atomic mass is 32.2. The van der Waals surface area contributed by atoms with Crippen molar-refractivity contribution in [3.8, 4) is 5.75 Å². The molecule has 0 spiro atoms. The summed E-state index contributed by atoms with van der Waals surface area (Å²) in [6.07, 6.45) is 2.30. The molecule has 0 aliphatic carbocycles. The van der Waals surface area contributed by atoms with Crippen molar-refractivity contribution in [1.82, 2.24) is 10.3 Å². The summed E-state index contributed by atoms with van der Waals surface area (Å²) in [5.74, 6) is 1.47. The third-order valence-corrected chi connectivity index (χ3v) is 7.70. The van der Waals surface area contributed by atoms with Crippen molar-refractivity contribution in [1.29, 1.82) is 0 Å². The maximum Gasteiger partial charge on any atom is 0.294 e. The van der Waals surface area contributed by atoms with E-state index in [2.05, 4.69) is 10.3 Å². The Morgan fingerprint density at radius 2 is 1.69 bits per heavy atom. The van der Waals surface area contributed by atoms with Crippen LogP contribution in [0.25, 0.3) is 10.8 Å². The average molecular weight is 566 g/mol. The number of amides is 2. The van der Waals surface area contributed by atoms with E-state index in [1.165, 1.54) is 12.1 Å². The molecule has 2 heterocycles. The molecule has 202 valence electrons. The quantitative estimate of drug-likeness (QED) is 0.295. The molecule has 2 amide bonds. The molecule has 0 saturated carbocycles. The molecule has 2 N–H and O–H groups in total. The van der Waals surface area contributed by atoms with Gasteiger partial charge in [-0.1, -0.05) is 60.3 Å². The summed E-state index contributed by atoms with van der Waals surface area (Å²) < 4.78 is 36.2. The van der Waals surface area contributed by atoms with Gasteiger partial charge in [0, 0.05) is 13.2 Å². The number of hydrogen-bond acceptors (Lipinski definition) is 8. The molecule has 3 aromatic carbocycles. The van der Waals surface area contributed by atoms with Crippen LogP contribution in [0.4, 0.5) is 10.6 Å². The lowest BCUT2D eigenvalue weighted by Gasteiger charge is -2.18. The number of likely N-dealkylation sites (N-methyl/N-ethyl adjacent to an activating group) is 1. The van der Waals surface area contributed by atoms with E-state index in [0.29, 0.717) is 13.0 Å². The Morgan fingerprint density at radius 3 is 2.33 bits per heavy atom. The molecule has 0 bridgehead atoms. The summed E-state index contributed by atoms with van der Waals surface area (Å²) in [6, 6.07) is 25.3. The topological polar surface area (TPSA) is 126 Å². The largest absolute Gasteiger partial charge is 0.492 e. The van der Waals surface area contributed by atoms with E-state index in [1.807, 2.05) is 72.6 Å². The number of carbonyl (C=O) groups is 2. The molecule has 1 fully saturated rings. The van der Waals surface area contributed by atoms with Crippen LogP contribution in [-0.4, -0.2) is 54.6 Å². The zero-order chi connectivity index (χ0) is 27.8. The van der Waals surface area contributed by atoms with E-state index in [4.69, 9.17) is 9.29 Å². The van der Waals surface area contributed by atoms with Gasteiger partial charge >= 0.3 is 0 Å². The van der Waals surface area contributed by atoms with Crippen molar-refractivity contribution in [2.45, 2.75) is 16.6 Å². The fourth-order valence-electron chi connectivity index (χ4n) is 3.79. The van der Waals surface area contributed by atoms with E-state index in [-0.39, 0.29) is 21.3 Å². The van der Waals surface area contributed by atoms with E-state index >= 15 is 0 Å². The Morgan fingerprint density at radius 1 is 0.974 bits per heavy atom. The molecule has 1 aromatic heterocycles. The van der Waals surface area contributed by atoms with Crippen molar-refractivity contribution in [3.05, 3.63) is 96.7 Å². The number of pyridine rings is 1. The average Bonchev–Trinajstić information content (AvgIpc) is 3.25. The van der Waals surface area contributed by atoms with Gasteiger partial charge in [0.15, 0.2) is 0 Å². The highest BCUT2D eigenvalue weighted by Gasteiger charge is 2.31. The molecule has 1 aliphatic heterocycles. The van der Waals surface area contributed by atoms with Crippen molar-refractivity contribution >= 4 is 49.6 Å². The smallest absolute Gasteiger partial charge is 0.294 e. The lowest BCUT2D eigenvalue weighted by Crippen LogP contribution is -2.25. The molecule has 1 saturated heterocycles. The lowest BCUT2D eigenvalue weighted by molar-refractivity contribution is -0.118. The zero-order valence-corrected chi connectivity index (χ0v) is 22.7. The fraction of sp³-hybridized carbons (Fsp3) is 0.179. The van der Waals surface area contributed by atoms with Gasteiger partial charge in [0.05, 0.1) is 16.7 Å². The Kier molecular flexibility index (Phi) is 9.18. The predicted molar refractivity (Wildman–Crippen MR) is 152 cm³/mol. The number of fused-ring (bicyclic) bond motifs is 1. The first-order chi connectivity index (χ1) is 18.7. The van der Waals surface area contributed by atoms with Crippen molar-refractivity contribution in [2.75, 3.05) is 25.1 Å². The minimum absolute atomic E-state index is 0.0730. The molecule has 1 atom stereocenters. The van der Waals surface area contributed by atoms with Crippen LogP contribution in [0, 0.1) is 0 Å². The second-order valence-electron chi connectivity index (χ2n) is 8.67. The summed E-state index contributed by atoms with van der Waals surface area (Å²) in [5.41, 5.74) is 1.00. The first kappa shape index (κ1) is 28.1. The summed E-state index contributed by atoms with van der Waals surface area (Å²) in [6.45, 7) is 1.27. The van der Waals surface area contributed by atoms with Gasteiger partial charge in [0.25, 0.3) is 15.4 Å². The molecule has 9 nitrogen and oxygen atoms in total. The third-order valence-electron chi connectivity index (χ3n) is 5.87. The van der Waals surface area contributed by atoms with Crippen LogP contribution in [-0.2, 0) is 21.3 Å². The van der Waals surface area contributed by atoms with Crippen LogP contribution in [0.3, 0.4) is 0 Å². The number of carbonyl (C=O) groups excluding carboxylic acids is 2. The van der Waals surface area contributed by atoms with Crippen LogP contribution in [0.15, 0.2) is 96.0 Å². The number of nitrogens with one attached hydrogen (secondary N) is 1. The first-order valence-corrected chi connectivity index (χ1v) is 14.3. The SMILES string of the molecule is CN(CCOc1ccc(CC2SC(=O)NC2=O)cc1)c1ccccn1.O=S(=O)(O)c1ccc2ccccc2c1. The highest BCUT2D eigenvalue weighted by molar-refractivity contribution is 8.15. The second kappa shape index (κ2) is 12.7. The number of hydrogen-bond donors (Lipinski definition) is 2. The zero-order valence-electron chi connectivity index (χ0n) is 21.1. The maximum absolute atomic E-state index is 11.6. The van der Waals surface area contributed by atoms with Gasteiger partial charge in [-0.05, 0) is 59.2 Å². The number of thioether (sulfide) groups is 1. The number of nitrogens with zero attached hydrogens (tertiary/aromatic N) is 2. The summed E-state index contributed by atoms with van der Waals surface area (Å²) in [7, 11) is -2.12. The van der Waals surface area contributed by atoms with E-state index in [1.54, 1.807) is 18.3 Å². The lowest BCUT2D eigenvalue weighted by atomic mass is 10.1. The van der Waals surface area contributed by atoms with Crippen molar-refractivity contribution < 1.29 is 27.3 Å². The highest BCUT2D eigenvalue weighted by Crippen LogP contribution is 2.24.